The molecule has 42 heavy (non-hydrogen) atoms. The Labute approximate surface area is 243 Å². The first-order valence-electron chi connectivity index (χ1n) is 13.8. The lowest BCUT2D eigenvalue weighted by molar-refractivity contribution is -0.137. The number of benzene rings is 2. The second-order valence-corrected chi connectivity index (χ2v) is 10.0. The Bertz CT molecular complexity index is 1590. The fourth-order valence-corrected chi connectivity index (χ4v) is 4.93. The van der Waals surface area contributed by atoms with Gasteiger partial charge in [-0.25, -0.2) is 4.39 Å². The molecule has 0 radical (unpaired) electrons. The SMILES string of the molecule is CCc1cc(Nc2ccccc3c(-c4ccc(OC)c(F)c4F)cnc2-3)ccc1C(=O)CC(=N)CCCCCC(=O)O. The molecule has 0 aromatic heterocycles. The van der Waals surface area contributed by atoms with E-state index in [9.17, 15) is 18.4 Å². The number of ether oxygens (including phenoxy) is 1. The monoisotopic (exact) mass is 573 g/mol. The van der Waals surface area contributed by atoms with Crippen molar-refractivity contribution >= 4 is 28.8 Å². The third-order valence-electron chi connectivity index (χ3n) is 7.13. The molecule has 0 atom stereocenters. The van der Waals surface area contributed by atoms with Crippen molar-refractivity contribution < 1.29 is 28.2 Å². The molecule has 0 unspecified atom stereocenters. The minimum atomic E-state index is -1.06. The quantitative estimate of drug-likeness (QED) is 0.0799. The van der Waals surface area contributed by atoms with Crippen molar-refractivity contribution in [3.8, 4) is 28.1 Å². The number of unbranched alkanes of at least 4 members (excludes halogenated alkanes) is 2. The summed E-state index contributed by atoms with van der Waals surface area (Å²) < 4.78 is 34.2. The van der Waals surface area contributed by atoms with E-state index in [-0.39, 0.29) is 29.9 Å². The number of Topliss-reactive ketones (excluding diaryl/α,β-unsaturated/α-hetero) is 1. The molecule has 1 heterocycles. The van der Waals surface area contributed by atoms with Crippen LogP contribution in [0.3, 0.4) is 0 Å². The zero-order chi connectivity index (χ0) is 30.2. The molecule has 0 amide bonds. The fourth-order valence-electron chi connectivity index (χ4n) is 4.93. The van der Waals surface area contributed by atoms with Crippen LogP contribution in [0.15, 0.2) is 60.8 Å². The van der Waals surface area contributed by atoms with E-state index in [1.807, 2.05) is 25.1 Å². The van der Waals surface area contributed by atoms with Crippen LogP contribution in [-0.2, 0) is 11.2 Å². The number of nitrogens with one attached hydrogen (secondary N) is 2. The maximum Gasteiger partial charge on any atom is 0.303 e. The Hall–Kier alpha value is -4.66. The predicted octanol–water partition coefficient (Wildman–Crippen LogP) is 8.07. The van der Waals surface area contributed by atoms with Gasteiger partial charge in [-0.3, -0.25) is 14.6 Å². The molecular weight excluding hydrogens is 540 g/mol. The molecule has 218 valence electrons. The number of hydrogen-bond acceptors (Lipinski definition) is 6. The molecule has 0 saturated heterocycles. The molecule has 2 aliphatic rings. The van der Waals surface area contributed by atoms with E-state index < -0.39 is 17.6 Å². The van der Waals surface area contributed by atoms with Crippen LogP contribution in [0.1, 0.15) is 61.4 Å². The number of ketones is 1. The Morgan fingerprint density at radius 3 is 2.45 bits per heavy atom. The second-order valence-electron chi connectivity index (χ2n) is 10.0. The third kappa shape index (κ3) is 6.97. The van der Waals surface area contributed by atoms with Gasteiger partial charge in [-0.05, 0) is 67.6 Å². The summed E-state index contributed by atoms with van der Waals surface area (Å²) in [5, 5.41) is 20.3. The summed E-state index contributed by atoms with van der Waals surface area (Å²) in [5.41, 5.74) is 4.85. The molecule has 1 aliphatic carbocycles. The summed E-state index contributed by atoms with van der Waals surface area (Å²) in [4.78, 5) is 28.2. The normalized spacial score (nSPS) is 11.0. The first-order chi connectivity index (χ1) is 20.2. The van der Waals surface area contributed by atoms with Gasteiger partial charge in [-0.1, -0.05) is 31.5 Å². The molecule has 4 rings (SSSR count). The molecule has 0 bridgehead atoms. The molecule has 3 N–H and O–H groups in total. The molecule has 1 aliphatic heterocycles. The number of halogens is 2. The number of aliphatic carboxylic acids is 1. The molecule has 2 aromatic carbocycles. The van der Waals surface area contributed by atoms with E-state index in [4.69, 9.17) is 15.3 Å². The van der Waals surface area contributed by atoms with Crippen LogP contribution < -0.4 is 10.1 Å². The number of carboxylic acids is 1. The summed E-state index contributed by atoms with van der Waals surface area (Å²) in [6.07, 6.45) is 4.69. The number of nitrogens with zero attached hydrogens (tertiary/aromatic N) is 1. The van der Waals surface area contributed by atoms with Crippen LogP contribution in [0.5, 0.6) is 5.75 Å². The largest absolute Gasteiger partial charge is 0.494 e. The first-order valence-corrected chi connectivity index (χ1v) is 13.8. The zero-order valence-electron chi connectivity index (χ0n) is 23.6. The summed E-state index contributed by atoms with van der Waals surface area (Å²) in [7, 11) is 1.28. The highest BCUT2D eigenvalue weighted by Crippen LogP contribution is 2.40. The number of carbonyl (C=O) groups is 2. The fraction of sp³-hybridized carbons (Fsp3) is 0.273. The Morgan fingerprint density at radius 1 is 0.952 bits per heavy atom. The number of fused-ring (bicyclic) bond motifs is 1. The van der Waals surface area contributed by atoms with Crippen LogP contribution in [0.2, 0.25) is 0 Å². The van der Waals surface area contributed by atoms with Crippen molar-refractivity contribution in [2.75, 3.05) is 12.4 Å². The molecule has 0 fully saturated rings. The molecule has 7 nitrogen and oxygen atoms in total. The third-order valence-corrected chi connectivity index (χ3v) is 7.13. The number of carboxylic acid groups (broad SMARTS) is 1. The van der Waals surface area contributed by atoms with Gasteiger partial charge in [0.15, 0.2) is 17.3 Å². The van der Waals surface area contributed by atoms with Crippen molar-refractivity contribution in [3.63, 3.8) is 0 Å². The second kappa shape index (κ2) is 13.8. The summed E-state index contributed by atoms with van der Waals surface area (Å²) in [6, 6.07) is 15.6. The van der Waals surface area contributed by atoms with Crippen molar-refractivity contribution in [1.82, 2.24) is 4.98 Å². The van der Waals surface area contributed by atoms with Gasteiger partial charge in [-0.2, -0.15) is 4.39 Å². The molecule has 9 heteroatoms. The van der Waals surface area contributed by atoms with Crippen molar-refractivity contribution in [2.45, 2.75) is 51.9 Å². The number of aryl methyl sites for hydroxylation is 1. The van der Waals surface area contributed by atoms with E-state index in [0.717, 1.165) is 11.3 Å². The van der Waals surface area contributed by atoms with Crippen molar-refractivity contribution in [2.24, 2.45) is 0 Å². The molecule has 2 aromatic rings. The minimum Gasteiger partial charge on any atom is -0.494 e. The Morgan fingerprint density at radius 2 is 1.71 bits per heavy atom. The van der Waals surface area contributed by atoms with Crippen LogP contribution in [0.25, 0.3) is 22.4 Å². The highest BCUT2D eigenvalue weighted by molar-refractivity contribution is 6.09. The molecular formula is C33H33F2N3O4. The lowest BCUT2D eigenvalue weighted by atomic mass is 9.96. The summed E-state index contributed by atoms with van der Waals surface area (Å²) in [6.45, 7) is 1.96. The standard InChI is InChI=1S/C33H33F2N3O4/c1-3-20-17-22(13-14-23(20)28(39)18-21(36)9-5-4-6-12-30(40)41)38-27-11-8-7-10-25-26(19-37-33(25)27)24-15-16-29(42-2)32(35)31(24)34/h7-8,10-11,13-17,19,36,38H,3-6,9,12,18H2,1-2H3,(H,40,41). The van der Waals surface area contributed by atoms with Gasteiger partial charge in [0.2, 0.25) is 5.82 Å². The van der Waals surface area contributed by atoms with Gasteiger partial charge in [0.1, 0.15) is 0 Å². The average Bonchev–Trinajstić information content (AvgIpc) is 3.28. The highest BCUT2D eigenvalue weighted by Gasteiger charge is 2.22. The number of aromatic nitrogens is 1. The van der Waals surface area contributed by atoms with E-state index in [1.54, 1.807) is 24.3 Å². The van der Waals surface area contributed by atoms with E-state index >= 15 is 0 Å². The minimum absolute atomic E-state index is 0.0244. The highest BCUT2D eigenvalue weighted by atomic mass is 19.2. The number of rotatable bonds is 14. The number of carbonyl (C=O) groups excluding carboxylic acids is 1. The Balaban J connectivity index is 1.50. The summed E-state index contributed by atoms with van der Waals surface area (Å²) >= 11 is 0. The summed E-state index contributed by atoms with van der Waals surface area (Å²) in [5.74, 6) is -3.20. The predicted molar refractivity (Wildman–Crippen MR) is 159 cm³/mol. The van der Waals surface area contributed by atoms with Crippen LogP contribution >= 0.6 is 0 Å². The Kier molecular flexibility index (Phi) is 9.96. The average molecular weight is 574 g/mol. The number of anilines is 2. The topological polar surface area (TPSA) is 112 Å². The lowest BCUT2D eigenvalue weighted by Gasteiger charge is -2.13. The van der Waals surface area contributed by atoms with Gasteiger partial charge < -0.3 is 20.6 Å². The van der Waals surface area contributed by atoms with Gasteiger partial charge in [-0.15, -0.1) is 0 Å². The molecule has 0 saturated carbocycles. The maximum absolute atomic E-state index is 14.9. The van der Waals surface area contributed by atoms with Gasteiger partial charge in [0, 0.05) is 52.7 Å². The van der Waals surface area contributed by atoms with E-state index in [1.165, 1.54) is 25.4 Å². The lowest BCUT2D eigenvalue weighted by Crippen LogP contribution is -2.10. The van der Waals surface area contributed by atoms with Crippen molar-refractivity contribution in [1.29, 1.82) is 5.41 Å². The van der Waals surface area contributed by atoms with Crippen LogP contribution in [0, 0.1) is 17.0 Å². The van der Waals surface area contributed by atoms with Crippen LogP contribution in [0.4, 0.5) is 20.2 Å². The van der Waals surface area contributed by atoms with Crippen LogP contribution in [-0.4, -0.2) is 34.7 Å². The first kappa shape index (κ1) is 30.3. The van der Waals surface area contributed by atoms with E-state index in [0.29, 0.717) is 65.9 Å². The van der Waals surface area contributed by atoms with Gasteiger partial charge in [0.05, 0.1) is 18.5 Å². The van der Waals surface area contributed by atoms with Crippen molar-refractivity contribution in [3.05, 3.63) is 83.6 Å². The van der Waals surface area contributed by atoms with Gasteiger partial charge >= 0.3 is 5.97 Å². The number of methoxy groups -OCH3 is 1. The molecule has 0 spiro atoms. The zero-order valence-corrected chi connectivity index (χ0v) is 23.6. The van der Waals surface area contributed by atoms with Gasteiger partial charge in [0.25, 0.3) is 0 Å². The number of hydrogen-bond donors (Lipinski definition) is 3. The van der Waals surface area contributed by atoms with E-state index in [2.05, 4.69) is 10.3 Å². The smallest absolute Gasteiger partial charge is 0.303 e. The maximum atomic E-state index is 14.9.